The fourth-order valence-corrected chi connectivity index (χ4v) is 2.79. The lowest BCUT2D eigenvalue weighted by molar-refractivity contribution is 0.102. The topological polar surface area (TPSA) is 84.1 Å². The molecule has 0 saturated heterocycles. The Morgan fingerprint density at radius 2 is 1.55 bits per heavy atom. The zero-order valence-corrected chi connectivity index (χ0v) is 15.3. The molecule has 0 aliphatic rings. The largest absolute Gasteiger partial charge is 0.457 e. The first-order valence-electron chi connectivity index (χ1n) is 8.96. The van der Waals surface area contributed by atoms with Crippen LogP contribution in [0.1, 0.15) is 10.4 Å². The van der Waals surface area contributed by atoms with Gasteiger partial charge in [-0.05, 0) is 65.7 Å². The van der Waals surface area contributed by atoms with E-state index < -0.39 is 11.5 Å². The van der Waals surface area contributed by atoms with Gasteiger partial charge in [0.2, 0.25) is 0 Å². The van der Waals surface area contributed by atoms with Gasteiger partial charge in [0.1, 0.15) is 17.1 Å². The van der Waals surface area contributed by atoms with E-state index in [0.717, 1.165) is 16.9 Å². The number of nitrogens with one attached hydrogen (secondary N) is 2. The first-order valence-corrected chi connectivity index (χ1v) is 8.96. The molecule has 0 aliphatic carbocycles. The fraction of sp³-hybridized carbons (Fsp3) is 0. The maximum Gasteiger partial charge on any atom is 0.261 e. The molecule has 2 heterocycles. The van der Waals surface area contributed by atoms with E-state index in [1.807, 2.05) is 30.3 Å². The van der Waals surface area contributed by atoms with Gasteiger partial charge in [-0.2, -0.15) is 0 Å². The van der Waals surface area contributed by atoms with E-state index in [4.69, 9.17) is 4.74 Å². The highest BCUT2D eigenvalue weighted by atomic mass is 16.5. The van der Waals surface area contributed by atoms with Crippen LogP contribution in [0, 0.1) is 0 Å². The number of aromatic amines is 1. The molecule has 0 radical (unpaired) electrons. The lowest BCUT2D eigenvalue weighted by atomic mass is 10.1. The number of rotatable bonds is 5. The minimum Gasteiger partial charge on any atom is -0.457 e. The van der Waals surface area contributed by atoms with Crippen LogP contribution in [0.15, 0.2) is 96.2 Å². The van der Waals surface area contributed by atoms with E-state index in [0.29, 0.717) is 11.4 Å². The highest BCUT2D eigenvalue weighted by Crippen LogP contribution is 2.23. The molecule has 0 bridgehead atoms. The lowest BCUT2D eigenvalue weighted by Gasteiger charge is -2.09. The molecular formula is C23H17N3O3. The minimum atomic E-state index is -0.487. The van der Waals surface area contributed by atoms with Crippen molar-refractivity contribution >= 4 is 11.6 Å². The summed E-state index contributed by atoms with van der Waals surface area (Å²) < 4.78 is 5.73. The molecule has 0 spiro atoms. The number of H-pyrrole nitrogens is 1. The van der Waals surface area contributed by atoms with E-state index in [1.54, 1.807) is 61.1 Å². The number of hydrogen-bond acceptors (Lipinski definition) is 4. The predicted molar refractivity (Wildman–Crippen MR) is 111 cm³/mol. The van der Waals surface area contributed by atoms with Crippen LogP contribution in [0.5, 0.6) is 11.5 Å². The molecule has 2 aromatic heterocycles. The maximum absolute atomic E-state index is 12.6. The summed E-state index contributed by atoms with van der Waals surface area (Å²) in [6.07, 6.45) is 4.88. The average Bonchev–Trinajstić information content (AvgIpc) is 2.77. The van der Waals surface area contributed by atoms with Gasteiger partial charge >= 0.3 is 0 Å². The van der Waals surface area contributed by atoms with Crippen molar-refractivity contribution in [3.8, 4) is 22.6 Å². The summed E-state index contributed by atoms with van der Waals surface area (Å²) in [7, 11) is 0. The Morgan fingerprint density at radius 1 is 0.862 bits per heavy atom. The van der Waals surface area contributed by atoms with Crippen LogP contribution in [0.4, 0.5) is 5.69 Å². The second-order valence-corrected chi connectivity index (χ2v) is 6.26. The molecule has 142 valence electrons. The number of para-hydroxylation sites is 1. The molecule has 1 amide bonds. The maximum atomic E-state index is 12.6. The molecule has 2 aromatic carbocycles. The molecule has 0 unspecified atom stereocenters. The SMILES string of the molecule is O=C(Nc1ccc(Oc2ccccc2)cc1)c1cc(-c2ccncc2)c[nH]c1=O. The summed E-state index contributed by atoms with van der Waals surface area (Å²) in [5.41, 5.74) is 1.72. The number of ether oxygens (including phenoxy) is 1. The van der Waals surface area contributed by atoms with Gasteiger partial charge in [-0.1, -0.05) is 18.2 Å². The van der Waals surface area contributed by atoms with E-state index in [-0.39, 0.29) is 5.56 Å². The third-order valence-corrected chi connectivity index (χ3v) is 4.25. The monoisotopic (exact) mass is 383 g/mol. The van der Waals surface area contributed by atoms with E-state index >= 15 is 0 Å². The van der Waals surface area contributed by atoms with Crippen LogP contribution < -0.4 is 15.6 Å². The molecule has 6 nitrogen and oxygen atoms in total. The molecule has 0 aliphatic heterocycles. The quantitative estimate of drug-likeness (QED) is 0.532. The second kappa shape index (κ2) is 8.22. The highest BCUT2D eigenvalue weighted by molar-refractivity contribution is 6.04. The third-order valence-electron chi connectivity index (χ3n) is 4.25. The normalized spacial score (nSPS) is 10.3. The van der Waals surface area contributed by atoms with E-state index in [9.17, 15) is 9.59 Å². The van der Waals surface area contributed by atoms with Crippen LogP contribution in [0.25, 0.3) is 11.1 Å². The van der Waals surface area contributed by atoms with Crippen molar-refractivity contribution < 1.29 is 9.53 Å². The molecule has 4 rings (SSSR count). The van der Waals surface area contributed by atoms with Gasteiger partial charge in [-0.3, -0.25) is 14.6 Å². The fourth-order valence-electron chi connectivity index (χ4n) is 2.79. The standard InChI is InChI=1S/C23H17N3O3/c27-22-21(14-17(15-25-22)16-10-12-24-13-11-16)23(28)26-18-6-8-20(9-7-18)29-19-4-2-1-3-5-19/h1-15H,(H,25,27)(H,26,28). The Kier molecular flexibility index (Phi) is 5.16. The number of nitrogens with zero attached hydrogens (tertiary/aromatic N) is 1. The van der Waals surface area contributed by atoms with E-state index in [2.05, 4.69) is 15.3 Å². The Labute approximate surface area is 166 Å². The Balaban J connectivity index is 1.50. The van der Waals surface area contributed by atoms with Crippen LogP contribution in [0.3, 0.4) is 0 Å². The number of pyridine rings is 2. The van der Waals surface area contributed by atoms with Crippen LogP contribution in [-0.4, -0.2) is 15.9 Å². The average molecular weight is 383 g/mol. The summed E-state index contributed by atoms with van der Waals surface area (Å²) in [5, 5.41) is 2.74. The van der Waals surface area contributed by atoms with Crippen LogP contribution >= 0.6 is 0 Å². The Bertz CT molecular complexity index is 1170. The summed E-state index contributed by atoms with van der Waals surface area (Å²) in [4.78, 5) is 31.3. The minimum absolute atomic E-state index is 0.0314. The molecule has 2 N–H and O–H groups in total. The summed E-state index contributed by atoms with van der Waals surface area (Å²) >= 11 is 0. The van der Waals surface area contributed by atoms with Gasteiger partial charge in [0.25, 0.3) is 11.5 Å². The first-order chi connectivity index (χ1) is 14.2. The van der Waals surface area contributed by atoms with Gasteiger partial charge in [0.05, 0.1) is 0 Å². The van der Waals surface area contributed by atoms with Crippen molar-refractivity contribution in [2.75, 3.05) is 5.32 Å². The van der Waals surface area contributed by atoms with Crippen molar-refractivity contribution in [3.63, 3.8) is 0 Å². The number of hydrogen-bond donors (Lipinski definition) is 2. The van der Waals surface area contributed by atoms with Crippen molar-refractivity contribution in [3.05, 3.63) is 107 Å². The second-order valence-electron chi connectivity index (χ2n) is 6.26. The Morgan fingerprint density at radius 3 is 2.28 bits per heavy atom. The molecule has 4 aromatic rings. The molecule has 0 atom stereocenters. The number of carbonyl (C=O) groups is 1. The van der Waals surface area contributed by atoms with E-state index in [1.165, 1.54) is 0 Å². The highest BCUT2D eigenvalue weighted by Gasteiger charge is 2.13. The van der Waals surface area contributed by atoms with Crippen molar-refractivity contribution in [2.45, 2.75) is 0 Å². The predicted octanol–water partition coefficient (Wildman–Crippen LogP) is 4.48. The first kappa shape index (κ1) is 18.2. The number of amides is 1. The third kappa shape index (κ3) is 4.39. The zero-order valence-electron chi connectivity index (χ0n) is 15.3. The zero-order chi connectivity index (χ0) is 20.1. The molecule has 29 heavy (non-hydrogen) atoms. The van der Waals surface area contributed by atoms with Gasteiger partial charge in [0, 0.05) is 24.3 Å². The lowest BCUT2D eigenvalue weighted by Crippen LogP contribution is -2.22. The molecule has 0 fully saturated rings. The van der Waals surface area contributed by atoms with Gasteiger partial charge in [-0.25, -0.2) is 0 Å². The summed E-state index contributed by atoms with van der Waals surface area (Å²) in [5.74, 6) is 0.884. The van der Waals surface area contributed by atoms with Crippen LogP contribution in [-0.2, 0) is 0 Å². The molecule has 0 saturated carbocycles. The van der Waals surface area contributed by atoms with Gasteiger partial charge in [0.15, 0.2) is 0 Å². The summed E-state index contributed by atoms with van der Waals surface area (Å²) in [6.45, 7) is 0. The number of aromatic nitrogens is 2. The smallest absolute Gasteiger partial charge is 0.261 e. The number of anilines is 1. The molecule has 6 heteroatoms. The number of carbonyl (C=O) groups excluding carboxylic acids is 1. The summed E-state index contributed by atoms with van der Waals surface area (Å²) in [6, 6.07) is 21.5. The number of benzene rings is 2. The van der Waals surface area contributed by atoms with Crippen molar-refractivity contribution in [1.29, 1.82) is 0 Å². The van der Waals surface area contributed by atoms with Gasteiger partial charge < -0.3 is 15.0 Å². The van der Waals surface area contributed by atoms with Crippen LogP contribution in [0.2, 0.25) is 0 Å². The van der Waals surface area contributed by atoms with Crippen molar-refractivity contribution in [1.82, 2.24) is 9.97 Å². The van der Waals surface area contributed by atoms with Gasteiger partial charge in [-0.15, -0.1) is 0 Å². The Hall–Kier alpha value is -4.19. The molecular weight excluding hydrogens is 366 g/mol. The van der Waals surface area contributed by atoms with Crippen molar-refractivity contribution in [2.24, 2.45) is 0 Å².